The summed E-state index contributed by atoms with van der Waals surface area (Å²) in [5.74, 6) is -2.89. The second kappa shape index (κ2) is 10.2. The molecular formula is C18H27F3N2O4. The van der Waals surface area contributed by atoms with E-state index >= 15 is 0 Å². The minimum absolute atomic E-state index is 0.175. The summed E-state index contributed by atoms with van der Waals surface area (Å²) in [5, 5.41) is 41.3. The molecule has 0 bridgehead atoms. The SMILES string of the molecule is OCC1[C@@H](O)[C@H](O)[C@@H](O)CN1CCCCCCNc1c(F)cc(F)cc1F. The fourth-order valence-corrected chi connectivity index (χ4v) is 3.35. The van der Waals surface area contributed by atoms with Crippen LogP contribution < -0.4 is 5.32 Å². The molecule has 1 unspecified atom stereocenters. The van der Waals surface area contributed by atoms with Crippen LogP contribution in [0.4, 0.5) is 18.9 Å². The zero-order valence-corrected chi connectivity index (χ0v) is 15.0. The highest BCUT2D eigenvalue weighted by atomic mass is 19.1. The number of unbranched alkanes of at least 4 members (excludes halogenated alkanes) is 3. The number of hydrogen-bond donors (Lipinski definition) is 5. The maximum atomic E-state index is 13.5. The Morgan fingerprint density at radius 2 is 1.59 bits per heavy atom. The van der Waals surface area contributed by atoms with Crippen molar-refractivity contribution < 1.29 is 33.6 Å². The first kappa shape index (κ1) is 21.9. The van der Waals surface area contributed by atoms with E-state index in [1.807, 2.05) is 0 Å². The molecule has 0 aliphatic carbocycles. The van der Waals surface area contributed by atoms with Gasteiger partial charge in [-0.3, -0.25) is 4.90 Å². The van der Waals surface area contributed by atoms with E-state index in [2.05, 4.69) is 5.32 Å². The van der Waals surface area contributed by atoms with Crippen molar-refractivity contribution >= 4 is 5.69 Å². The van der Waals surface area contributed by atoms with Gasteiger partial charge in [-0.15, -0.1) is 0 Å². The highest BCUT2D eigenvalue weighted by molar-refractivity contribution is 5.46. The normalized spacial score (nSPS) is 26.3. The number of likely N-dealkylation sites (tertiary alicyclic amines) is 1. The Hall–Kier alpha value is -1.39. The summed E-state index contributed by atoms with van der Waals surface area (Å²) in [6, 6.07) is 0.637. The average molecular weight is 392 g/mol. The Morgan fingerprint density at radius 1 is 0.963 bits per heavy atom. The number of halogens is 3. The molecule has 1 fully saturated rings. The number of nitrogens with one attached hydrogen (secondary N) is 1. The maximum Gasteiger partial charge on any atom is 0.152 e. The molecule has 0 amide bonds. The lowest BCUT2D eigenvalue weighted by molar-refractivity contribution is -0.145. The maximum absolute atomic E-state index is 13.5. The molecule has 5 N–H and O–H groups in total. The number of piperidine rings is 1. The van der Waals surface area contributed by atoms with Crippen LogP contribution in [0.25, 0.3) is 0 Å². The van der Waals surface area contributed by atoms with Crippen molar-refractivity contribution in [2.24, 2.45) is 0 Å². The molecule has 2 rings (SSSR count). The summed E-state index contributed by atoms with van der Waals surface area (Å²) in [6.45, 7) is 0.741. The molecule has 1 aliphatic heterocycles. The van der Waals surface area contributed by atoms with E-state index in [1.165, 1.54) is 0 Å². The molecule has 1 aromatic rings. The summed E-state index contributed by atoms with van der Waals surface area (Å²) in [4.78, 5) is 1.75. The second-order valence-electron chi connectivity index (χ2n) is 6.88. The third-order valence-corrected chi connectivity index (χ3v) is 4.90. The van der Waals surface area contributed by atoms with Crippen molar-refractivity contribution in [2.75, 3.05) is 31.6 Å². The fourth-order valence-electron chi connectivity index (χ4n) is 3.35. The van der Waals surface area contributed by atoms with Gasteiger partial charge in [-0.2, -0.15) is 0 Å². The van der Waals surface area contributed by atoms with Crippen LogP contribution in [-0.2, 0) is 0 Å². The number of benzene rings is 1. The van der Waals surface area contributed by atoms with Crippen LogP contribution in [0, 0.1) is 17.5 Å². The van der Waals surface area contributed by atoms with Gasteiger partial charge in [-0.05, 0) is 19.4 Å². The van der Waals surface area contributed by atoms with E-state index < -0.39 is 41.8 Å². The van der Waals surface area contributed by atoms with E-state index in [0.29, 0.717) is 31.6 Å². The lowest BCUT2D eigenvalue weighted by Crippen LogP contribution is -2.62. The molecule has 0 radical (unpaired) electrons. The van der Waals surface area contributed by atoms with Crippen molar-refractivity contribution in [1.29, 1.82) is 0 Å². The Kier molecular flexibility index (Phi) is 8.30. The van der Waals surface area contributed by atoms with E-state index in [-0.39, 0.29) is 18.8 Å². The summed E-state index contributed by atoms with van der Waals surface area (Å²) in [7, 11) is 0. The molecule has 0 saturated carbocycles. The first-order valence-electron chi connectivity index (χ1n) is 9.12. The molecule has 1 heterocycles. The molecule has 154 valence electrons. The molecule has 6 nitrogen and oxygen atoms in total. The average Bonchev–Trinajstić information content (AvgIpc) is 2.60. The molecule has 0 aromatic heterocycles. The van der Waals surface area contributed by atoms with Crippen LogP contribution in [0.15, 0.2) is 12.1 Å². The number of rotatable bonds is 9. The molecule has 1 aromatic carbocycles. The van der Waals surface area contributed by atoms with Crippen LogP contribution in [0.2, 0.25) is 0 Å². The van der Waals surface area contributed by atoms with E-state index in [0.717, 1.165) is 19.3 Å². The molecular weight excluding hydrogens is 365 g/mol. The number of β-amino-alcohol motifs (C(OH)–C–C–N with tert-alkyl or cyclic N) is 1. The second-order valence-corrected chi connectivity index (χ2v) is 6.88. The van der Waals surface area contributed by atoms with Gasteiger partial charge < -0.3 is 25.7 Å². The van der Waals surface area contributed by atoms with Crippen LogP contribution >= 0.6 is 0 Å². The van der Waals surface area contributed by atoms with Crippen LogP contribution in [-0.4, -0.2) is 75.9 Å². The quantitative estimate of drug-likeness (QED) is 0.400. The lowest BCUT2D eigenvalue weighted by atomic mass is 9.94. The third kappa shape index (κ3) is 5.79. The number of nitrogens with zero attached hydrogens (tertiary/aromatic N) is 1. The highest BCUT2D eigenvalue weighted by Crippen LogP contribution is 2.21. The smallest absolute Gasteiger partial charge is 0.152 e. The Balaban J connectivity index is 1.66. The van der Waals surface area contributed by atoms with Crippen LogP contribution in [0.3, 0.4) is 0 Å². The Morgan fingerprint density at radius 3 is 2.22 bits per heavy atom. The van der Waals surface area contributed by atoms with Gasteiger partial charge in [0, 0.05) is 25.2 Å². The monoisotopic (exact) mass is 392 g/mol. The number of aliphatic hydroxyl groups is 4. The third-order valence-electron chi connectivity index (χ3n) is 4.90. The van der Waals surface area contributed by atoms with Crippen LogP contribution in [0.1, 0.15) is 25.7 Å². The standard InChI is InChI=1S/C18H27F3N2O4/c19-11-7-12(20)16(13(21)8-11)22-5-3-1-2-4-6-23-9-15(25)18(27)17(26)14(23)10-24/h7-8,14-15,17-18,22,24-27H,1-6,9-10H2/t14?,15-,17+,18+/m0/s1. The first-order chi connectivity index (χ1) is 12.8. The van der Waals surface area contributed by atoms with E-state index in [9.17, 15) is 33.6 Å². The van der Waals surface area contributed by atoms with E-state index in [1.54, 1.807) is 4.90 Å². The molecule has 0 spiro atoms. The number of aliphatic hydroxyl groups excluding tert-OH is 4. The van der Waals surface area contributed by atoms with Gasteiger partial charge in [0.2, 0.25) is 0 Å². The molecule has 27 heavy (non-hydrogen) atoms. The van der Waals surface area contributed by atoms with Crippen molar-refractivity contribution in [1.82, 2.24) is 4.90 Å². The predicted molar refractivity (Wildman–Crippen MR) is 93.7 cm³/mol. The van der Waals surface area contributed by atoms with Gasteiger partial charge in [0.05, 0.1) is 18.8 Å². The van der Waals surface area contributed by atoms with Gasteiger partial charge in [0.1, 0.15) is 23.7 Å². The zero-order chi connectivity index (χ0) is 20.0. The number of hydrogen-bond acceptors (Lipinski definition) is 6. The van der Waals surface area contributed by atoms with Crippen molar-refractivity contribution in [3.8, 4) is 0 Å². The van der Waals surface area contributed by atoms with Gasteiger partial charge in [-0.1, -0.05) is 12.8 Å². The first-order valence-corrected chi connectivity index (χ1v) is 9.12. The predicted octanol–water partition coefficient (Wildman–Crippen LogP) is 0.835. The van der Waals surface area contributed by atoms with Crippen LogP contribution in [0.5, 0.6) is 0 Å². The summed E-state index contributed by atoms with van der Waals surface area (Å²) in [5.41, 5.74) is -0.336. The molecule has 9 heteroatoms. The largest absolute Gasteiger partial charge is 0.395 e. The van der Waals surface area contributed by atoms with Gasteiger partial charge >= 0.3 is 0 Å². The van der Waals surface area contributed by atoms with Crippen molar-refractivity contribution in [2.45, 2.75) is 50.0 Å². The minimum atomic E-state index is -1.27. The summed E-state index contributed by atoms with van der Waals surface area (Å²) < 4.78 is 39.8. The van der Waals surface area contributed by atoms with E-state index in [4.69, 9.17) is 0 Å². The Bertz CT molecular complexity index is 585. The van der Waals surface area contributed by atoms with Crippen molar-refractivity contribution in [3.63, 3.8) is 0 Å². The van der Waals surface area contributed by atoms with Gasteiger partial charge in [0.25, 0.3) is 0 Å². The molecule has 1 aliphatic rings. The summed E-state index contributed by atoms with van der Waals surface area (Å²) in [6.07, 6.45) is -0.551. The Labute approximate surface area is 156 Å². The molecule has 1 saturated heterocycles. The number of anilines is 1. The lowest BCUT2D eigenvalue weighted by Gasteiger charge is -2.43. The minimum Gasteiger partial charge on any atom is -0.395 e. The summed E-state index contributed by atoms with van der Waals surface area (Å²) >= 11 is 0. The van der Waals surface area contributed by atoms with Crippen molar-refractivity contribution in [3.05, 3.63) is 29.6 Å². The fraction of sp³-hybridized carbons (Fsp3) is 0.667. The zero-order valence-electron chi connectivity index (χ0n) is 15.0. The van der Waals surface area contributed by atoms with Gasteiger partial charge in [-0.25, -0.2) is 13.2 Å². The topological polar surface area (TPSA) is 96.2 Å². The van der Waals surface area contributed by atoms with Gasteiger partial charge in [0.15, 0.2) is 11.6 Å². The highest BCUT2D eigenvalue weighted by Gasteiger charge is 2.40. The molecule has 4 atom stereocenters.